The van der Waals surface area contributed by atoms with Gasteiger partial charge in [-0.2, -0.15) is 0 Å². The van der Waals surface area contributed by atoms with Crippen molar-refractivity contribution in [3.63, 3.8) is 0 Å². The van der Waals surface area contributed by atoms with Gasteiger partial charge in [-0.25, -0.2) is 4.58 Å². The van der Waals surface area contributed by atoms with Gasteiger partial charge in [0.2, 0.25) is 5.36 Å². The summed E-state index contributed by atoms with van der Waals surface area (Å²) in [4.78, 5) is 0. The fourth-order valence-electron chi connectivity index (χ4n) is 1.72. The SMILES string of the molecule is Cc1ccc2c(c1)=CCC[N+]=2C. The molecule has 0 saturated carbocycles. The van der Waals surface area contributed by atoms with Crippen molar-refractivity contribution in [2.75, 3.05) is 13.6 Å². The summed E-state index contributed by atoms with van der Waals surface area (Å²) in [5.41, 5.74) is 1.35. The minimum atomic E-state index is 1.15. The molecule has 0 bridgehead atoms. The number of hydrogen-bond donors (Lipinski definition) is 0. The Morgan fingerprint density at radius 2 is 2.17 bits per heavy atom. The van der Waals surface area contributed by atoms with Crippen molar-refractivity contribution in [2.24, 2.45) is 0 Å². The van der Waals surface area contributed by atoms with Gasteiger partial charge in [0.15, 0.2) is 0 Å². The topological polar surface area (TPSA) is 3.01 Å². The summed E-state index contributed by atoms with van der Waals surface area (Å²) in [5, 5.41) is 2.76. The van der Waals surface area contributed by atoms with Crippen LogP contribution in [-0.2, 0) is 0 Å². The lowest BCUT2D eigenvalue weighted by molar-refractivity contribution is 0.665. The van der Waals surface area contributed by atoms with Crippen molar-refractivity contribution in [3.05, 3.63) is 34.3 Å². The second-order valence-corrected chi connectivity index (χ2v) is 3.48. The Hall–Kier alpha value is -1.11. The van der Waals surface area contributed by atoms with Crippen LogP contribution in [-0.4, -0.2) is 13.6 Å². The Balaban J connectivity index is 2.85. The largest absolute Gasteiger partial charge is 0.232 e. The first-order valence-electron chi connectivity index (χ1n) is 4.42. The minimum absolute atomic E-state index is 1.15. The Morgan fingerprint density at radius 3 is 3.00 bits per heavy atom. The molecule has 0 saturated heterocycles. The van der Waals surface area contributed by atoms with Crippen molar-refractivity contribution in [1.29, 1.82) is 0 Å². The van der Waals surface area contributed by atoms with E-state index in [1.54, 1.807) is 0 Å². The fourth-order valence-corrected chi connectivity index (χ4v) is 1.72. The number of benzene rings is 1. The van der Waals surface area contributed by atoms with Gasteiger partial charge in [0, 0.05) is 17.7 Å². The monoisotopic (exact) mass is 160 g/mol. The van der Waals surface area contributed by atoms with E-state index in [1.165, 1.54) is 22.6 Å². The summed E-state index contributed by atoms with van der Waals surface area (Å²) >= 11 is 0. The fraction of sp³-hybridized carbons (Fsp3) is 0.364. The minimum Gasteiger partial charge on any atom is -0.232 e. The molecule has 0 aliphatic carbocycles. The van der Waals surface area contributed by atoms with Gasteiger partial charge in [0.05, 0.1) is 0 Å². The van der Waals surface area contributed by atoms with Crippen LogP contribution in [0.25, 0.3) is 6.08 Å². The van der Waals surface area contributed by atoms with Crippen LogP contribution in [0.4, 0.5) is 0 Å². The average molecular weight is 160 g/mol. The number of nitrogens with zero attached hydrogens (tertiary/aromatic N) is 1. The van der Waals surface area contributed by atoms with E-state index in [9.17, 15) is 0 Å². The van der Waals surface area contributed by atoms with Crippen LogP contribution in [0.5, 0.6) is 0 Å². The maximum absolute atomic E-state index is 2.32. The maximum Gasteiger partial charge on any atom is 0.206 e. The summed E-state index contributed by atoms with van der Waals surface area (Å²) < 4.78 is 2.31. The first-order chi connectivity index (χ1) is 5.77. The quantitative estimate of drug-likeness (QED) is 0.480. The van der Waals surface area contributed by atoms with Crippen molar-refractivity contribution in [2.45, 2.75) is 13.3 Å². The van der Waals surface area contributed by atoms with Crippen LogP contribution in [0.3, 0.4) is 0 Å². The molecule has 1 aliphatic heterocycles. The van der Waals surface area contributed by atoms with Crippen molar-refractivity contribution >= 4 is 6.08 Å². The zero-order chi connectivity index (χ0) is 8.55. The van der Waals surface area contributed by atoms with E-state index in [0.29, 0.717) is 0 Å². The highest BCUT2D eigenvalue weighted by atomic mass is 15.0. The van der Waals surface area contributed by atoms with Crippen LogP contribution in [0.15, 0.2) is 18.2 Å². The standard InChI is InChI=1S/C11H14N/c1-9-5-6-11-10(8-9)4-3-7-12(11)2/h4-6,8H,3,7H2,1-2H3/q+1. The normalized spacial score (nSPS) is 15.3. The van der Waals surface area contributed by atoms with E-state index in [-0.39, 0.29) is 0 Å². The molecule has 1 heteroatoms. The lowest BCUT2D eigenvalue weighted by Crippen LogP contribution is -2.41. The van der Waals surface area contributed by atoms with Crippen molar-refractivity contribution in [3.8, 4) is 0 Å². The molecule has 1 aromatic carbocycles. The molecule has 0 spiro atoms. The smallest absolute Gasteiger partial charge is 0.206 e. The number of aryl methyl sites for hydroxylation is 1. The zero-order valence-corrected chi connectivity index (χ0v) is 7.67. The number of fused-ring (bicyclic) bond motifs is 1. The van der Waals surface area contributed by atoms with Crippen LogP contribution < -0.4 is 15.2 Å². The first kappa shape index (κ1) is 7.53. The molecule has 0 N–H and O–H groups in total. The Labute approximate surface area is 72.7 Å². The molecule has 1 nitrogen and oxygen atoms in total. The van der Waals surface area contributed by atoms with Gasteiger partial charge in [0.1, 0.15) is 13.6 Å². The van der Waals surface area contributed by atoms with E-state index >= 15 is 0 Å². The van der Waals surface area contributed by atoms with Gasteiger partial charge in [-0.05, 0) is 13.0 Å². The molecule has 2 rings (SSSR count). The molecule has 0 atom stereocenters. The second-order valence-electron chi connectivity index (χ2n) is 3.48. The van der Waals surface area contributed by atoms with Crippen LogP contribution in [0.1, 0.15) is 12.0 Å². The highest BCUT2D eigenvalue weighted by molar-refractivity contribution is 5.28. The van der Waals surface area contributed by atoms with E-state index in [1.807, 2.05) is 0 Å². The zero-order valence-electron chi connectivity index (χ0n) is 7.67. The van der Waals surface area contributed by atoms with E-state index in [2.05, 4.69) is 42.8 Å². The van der Waals surface area contributed by atoms with Gasteiger partial charge in [-0.15, -0.1) is 0 Å². The highest BCUT2D eigenvalue weighted by Gasteiger charge is 2.04. The molecule has 0 aromatic heterocycles. The summed E-state index contributed by atoms with van der Waals surface area (Å²) in [6.07, 6.45) is 3.50. The molecule has 1 heterocycles. The van der Waals surface area contributed by atoms with Crippen LogP contribution in [0.2, 0.25) is 0 Å². The van der Waals surface area contributed by atoms with Gasteiger partial charge in [-0.1, -0.05) is 17.7 Å². The maximum atomic E-state index is 2.32. The Morgan fingerprint density at radius 1 is 1.33 bits per heavy atom. The predicted octanol–water partition coefficient (Wildman–Crippen LogP) is 0.300. The highest BCUT2D eigenvalue weighted by Crippen LogP contribution is 1.89. The molecule has 62 valence electrons. The number of rotatable bonds is 0. The third-order valence-corrected chi connectivity index (χ3v) is 2.42. The van der Waals surface area contributed by atoms with E-state index in [4.69, 9.17) is 0 Å². The summed E-state index contributed by atoms with van der Waals surface area (Å²) in [7, 11) is 2.15. The summed E-state index contributed by atoms with van der Waals surface area (Å²) in [6.45, 7) is 3.29. The van der Waals surface area contributed by atoms with E-state index in [0.717, 1.165) is 6.54 Å². The summed E-state index contributed by atoms with van der Waals surface area (Å²) in [6, 6.07) is 6.64. The van der Waals surface area contributed by atoms with Gasteiger partial charge < -0.3 is 0 Å². The Kier molecular flexibility index (Phi) is 1.72. The molecule has 12 heavy (non-hydrogen) atoms. The van der Waals surface area contributed by atoms with E-state index < -0.39 is 0 Å². The third kappa shape index (κ3) is 1.15. The summed E-state index contributed by atoms with van der Waals surface area (Å²) in [5.74, 6) is 0. The van der Waals surface area contributed by atoms with Crippen molar-refractivity contribution in [1.82, 2.24) is 4.58 Å². The molecule has 0 fully saturated rings. The first-order valence-corrected chi connectivity index (χ1v) is 4.42. The van der Waals surface area contributed by atoms with Gasteiger partial charge >= 0.3 is 0 Å². The average Bonchev–Trinajstić information content (AvgIpc) is 2.04. The van der Waals surface area contributed by atoms with Gasteiger partial charge in [0.25, 0.3) is 0 Å². The molecular formula is C11H14N+. The molecular weight excluding hydrogens is 146 g/mol. The van der Waals surface area contributed by atoms with Crippen LogP contribution in [0, 0.1) is 6.92 Å². The second kappa shape index (κ2) is 2.74. The van der Waals surface area contributed by atoms with Crippen LogP contribution >= 0.6 is 0 Å². The van der Waals surface area contributed by atoms with Crippen molar-refractivity contribution < 1.29 is 0 Å². The molecule has 1 aliphatic rings. The lowest BCUT2D eigenvalue weighted by atomic mass is 10.1. The molecule has 0 unspecified atom stereocenters. The molecule has 0 amide bonds. The molecule has 1 aromatic rings. The number of hydrogen-bond acceptors (Lipinski definition) is 0. The third-order valence-electron chi connectivity index (χ3n) is 2.42. The predicted molar refractivity (Wildman–Crippen MR) is 51.5 cm³/mol. The van der Waals surface area contributed by atoms with Gasteiger partial charge in [-0.3, -0.25) is 0 Å². The molecule has 0 radical (unpaired) electrons. The lowest BCUT2D eigenvalue weighted by Gasteiger charge is -2.01. The Bertz CT molecular complexity index is 415.